The second-order valence-electron chi connectivity index (χ2n) is 6.68. The van der Waals surface area contributed by atoms with Crippen LogP contribution in [0.25, 0.3) is 11.1 Å². The molecule has 0 aliphatic carbocycles. The van der Waals surface area contributed by atoms with Gasteiger partial charge in [-0.15, -0.1) is 0 Å². The summed E-state index contributed by atoms with van der Waals surface area (Å²) in [7, 11) is 0. The number of benzene rings is 1. The van der Waals surface area contributed by atoms with Crippen molar-refractivity contribution in [3.8, 4) is 23.1 Å². The van der Waals surface area contributed by atoms with Crippen LogP contribution < -0.4 is 9.47 Å². The molecule has 1 aliphatic heterocycles. The molecule has 0 radical (unpaired) electrons. The summed E-state index contributed by atoms with van der Waals surface area (Å²) in [5, 5.41) is 10.9. The van der Waals surface area contributed by atoms with Crippen molar-refractivity contribution in [2.45, 2.75) is 25.5 Å². The molecule has 0 saturated carbocycles. The van der Waals surface area contributed by atoms with Crippen LogP contribution in [0.15, 0.2) is 42.9 Å². The Morgan fingerprint density at radius 2 is 2.00 bits per heavy atom. The molecule has 0 spiro atoms. The Bertz CT molecular complexity index is 1010. The number of halogens is 1. The number of hydrogen-bond acceptors (Lipinski definition) is 7. The third-order valence-corrected chi connectivity index (χ3v) is 4.45. The average molecular weight is 385 g/mol. The van der Waals surface area contributed by atoms with Crippen molar-refractivity contribution in [3.63, 3.8) is 0 Å². The highest BCUT2D eigenvalue weighted by molar-refractivity contribution is 5.61. The maximum Gasteiger partial charge on any atom is 0.414 e. The van der Waals surface area contributed by atoms with Crippen molar-refractivity contribution in [2.75, 3.05) is 6.61 Å². The Labute approximate surface area is 158 Å². The van der Waals surface area contributed by atoms with Crippen LogP contribution in [0.3, 0.4) is 0 Å². The summed E-state index contributed by atoms with van der Waals surface area (Å²) in [6, 6.07) is 6.40. The summed E-state index contributed by atoms with van der Waals surface area (Å²) in [5.74, 6) is -0.559. The molecular weight excluding hydrogens is 369 g/mol. The lowest BCUT2D eigenvalue weighted by atomic mass is 10.0. The highest BCUT2D eigenvalue weighted by atomic mass is 19.1. The Balaban J connectivity index is 1.41. The third-order valence-electron chi connectivity index (χ3n) is 4.45. The molecule has 0 saturated heterocycles. The van der Waals surface area contributed by atoms with Gasteiger partial charge in [0, 0.05) is 35.9 Å². The van der Waals surface area contributed by atoms with E-state index in [-0.39, 0.29) is 30.3 Å². The fourth-order valence-electron chi connectivity index (χ4n) is 2.84. The van der Waals surface area contributed by atoms with Crippen LogP contribution in [-0.2, 0) is 6.54 Å². The molecule has 144 valence electrons. The van der Waals surface area contributed by atoms with Gasteiger partial charge in [0.05, 0.1) is 0 Å². The van der Waals surface area contributed by atoms with Gasteiger partial charge in [-0.25, -0.2) is 14.4 Å². The number of fused-ring (bicyclic) bond motifs is 1. The van der Waals surface area contributed by atoms with Crippen molar-refractivity contribution in [3.05, 3.63) is 58.8 Å². The lowest BCUT2D eigenvalue weighted by Gasteiger charge is -2.31. The first kappa shape index (κ1) is 17.8. The van der Waals surface area contributed by atoms with Gasteiger partial charge in [0.1, 0.15) is 24.2 Å². The fourth-order valence-corrected chi connectivity index (χ4v) is 2.84. The van der Waals surface area contributed by atoms with E-state index in [1.54, 1.807) is 29.1 Å². The van der Waals surface area contributed by atoms with Gasteiger partial charge in [-0.3, -0.25) is 4.57 Å². The lowest BCUT2D eigenvalue weighted by molar-refractivity contribution is -0.389. The van der Waals surface area contributed by atoms with Gasteiger partial charge in [0.15, 0.2) is 0 Å². The van der Waals surface area contributed by atoms with E-state index < -0.39 is 10.5 Å². The maximum atomic E-state index is 13.0. The molecule has 0 bridgehead atoms. The van der Waals surface area contributed by atoms with Crippen LogP contribution in [0.1, 0.15) is 13.3 Å². The molecule has 28 heavy (non-hydrogen) atoms. The number of nitro groups is 1. The van der Waals surface area contributed by atoms with Gasteiger partial charge < -0.3 is 19.6 Å². The largest absolute Gasteiger partial charge is 0.459 e. The van der Waals surface area contributed by atoms with Crippen molar-refractivity contribution in [2.24, 2.45) is 0 Å². The van der Waals surface area contributed by atoms with Crippen LogP contribution in [0.2, 0.25) is 0 Å². The third kappa shape index (κ3) is 3.61. The highest BCUT2D eigenvalue weighted by Gasteiger charge is 2.37. The average Bonchev–Trinajstić information content (AvgIpc) is 3.11. The first-order valence-corrected chi connectivity index (χ1v) is 8.53. The molecular formula is C18H16FN5O4. The predicted molar refractivity (Wildman–Crippen MR) is 95.5 cm³/mol. The van der Waals surface area contributed by atoms with E-state index in [4.69, 9.17) is 9.47 Å². The Kier molecular flexibility index (Phi) is 4.38. The number of hydrogen-bond donors (Lipinski definition) is 0. The molecule has 3 heterocycles. The van der Waals surface area contributed by atoms with E-state index in [0.29, 0.717) is 13.0 Å². The fraction of sp³-hybridized carbons (Fsp3) is 0.278. The molecule has 1 aliphatic rings. The molecule has 3 aromatic rings. The molecule has 2 aromatic heterocycles. The Morgan fingerprint density at radius 3 is 2.68 bits per heavy atom. The van der Waals surface area contributed by atoms with Gasteiger partial charge in [-0.2, -0.15) is 0 Å². The molecule has 1 atom stereocenters. The monoisotopic (exact) mass is 385 g/mol. The van der Waals surface area contributed by atoms with Crippen LogP contribution in [0.4, 0.5) is 10.2 Å². The number of imidazole rings is 1. The van der Waals surface area contributed by atoms with Crippen molar-refractivity contribution < 1.29 is 18.8 Å². The zero-order valence-corrected chi connectivity index (χ0v) is 14.9. The van der Waals surface area contributed by atoms with E-state index in [1.165, 1.54) is 18.3 Å². The minimum absolute atomic E-state index is 0.156. The molecule has 10 heteroatoms. The molecule has 0 fully saturated rings. The van der Waals surface area contributed by atoms with E-state index in [1.807, 2.05) is 6.92 Å². The topological polar surface area (TPSA) is 105 Å². The number of nitrogens with zero attached hydrogens (tertiary/aromatic N) is 5. The number of rotatable bonds is 5. The minimum Gasteiger partial charge on any atom is -0.459 e. The van der Waals surface area contributed by atoms with Crippen LogP contribution in [0.5, 0.6) is 12.0 Å². The van der Waals surface area contributed by atoms with Crippen LogP contribution in [-0.4, -0.2) is 36.7 Å². The van der Waals surface area contributed by atoms with Gasteiger partial charge >= 0.3 is 17.8 Å². The highest BCUT2D eigenvalue weighted by Crippen LogP contribution is 2.30. The summed E-state index contributed by atoms with van der Waals surface area (Å²) < 4.78 is 26.1. The first-order chi connectivity index (χ1) is 13.4. The van der Waals surface area contributed by atoms with Crippen LogP contribution in [0, 0.1) is 15.9 Å². The van der Waals surface area contributed by atoms with Crippen molar-refractivity contribution in [1.82, 2.24) is 19.5 Å². The smallest absolute Gasteiger partial charge is 0.414 e. The Morgan fingerprint density at radius 1 is 1.29 bits per heavy atom. The van der Waals surface area contributed by atoms with E-state index >= 15 is 0 Å². The summed E-state index contributed by atoms with van der Waals surface area (Å²) in [6.45, 7) is 2.52. The lowest BCUT2D eigenvalue weighted by Crippen LogP contribution is -2.43. The van der Waals surface area contributed by atoms with E-state index in [9.17, 15) is 14.5 Å². The zero-order valence-electron chi connectivity index (χ0n) is 14.9. The number of aryl methyl sites for hydroxylation is 1. The zero-order chi connectivity index (χ0) is 19.7. The summed E-state index contributed by atoms with van der Waals surface area (Å²) in [4.78, 5) is 22.5. The van der Waals surface area contributed by atoms with Gasteiger partial charge in [0.2, 0.25) is 0 Å². The molecule has 0 N–H and O–H groups in total. The summed E-state index contributed by atoms with van der Waals surface area (Å²) in [5.41, 5.74) is 0.819. The maximum absolute atomic E-state index is 13.0. The molecule has 1 aromatic carbocycles. The standard InChI is InChI=1S/C18H16FN5O4/c1-18(6-7-23-10-15(24(25)26)22-17(23)28-18)11-27-16-20-8-13(9-21-16)12-2-4-14(19)5-3-12/h2-5,8-10H,6-7,11H2,1H3. The van der Waals surface area contributed by atoms with Crippen LogP contribution >= 0.6 is 0 Å². The molecule has 4 rings (SSSR count). The summed E-state index contributed by atoms with van der Waals surface area (Å²) in [6.07, 6.45) is 5.12. The van der Waals surface area contributed by atoms with Crippen molar-refractivity contribution in [1.29, 1.82) is 0 Å². The minimum atomic E-state index is -0.714. The predicted octanol–water partition coefficient (Wildman–Crippen LogP) is 3.01. The molecule has 0 amide bonds. The normalized spacial score (nSPS) is 18.2. The van der Waals surface area contributed by atoms with E-state index in [0.717, 1.165) is 11.1 Å². The SMILES string of the molecule is CC1(COc2ncc(-c3ccc(F)cc3)cn2)CCn2cc([N+](=O)[O-])nc2O1. The quantitative estimate of drug-likeness (QED) is 0.491. The van der Waals surface area contributed by atoms with Crippen molar-refractivity contribution >= 4 is 5.82 Å². The van der Waals surface area contributed by atoms with E-state index in [2.05, 4.69) is 15.0 Å². The second-order valence-corrected chi connectivity index (χ2v) is 6.68. The first-order valence-electron chi connectivity index (χ1n) is 8.53. The number of aromatic nitrogens is 4. The summed E-state index contributed by atoms with van der Waals surface area (Å²) >= 11 is 0. The second kappa shape index (κ2) is 6.87. The molecule has 9 nitrogen and oxygen atoms in total. The van der Waals surface area contributed by atoms with Gasteiger partial charge in [0.25, 0.3) is 0 Å². The van der Waals surface area contributed by atoms with Gasteiger partial charge in [-0.1, -0.05) is 12.1 Å². The Hall–Kier alpha value is -3.56. The molecule has 1 unspecified atom stereocenters. The number of ether oxygens (including phenoxy) is 2. The van der Waals surface area contributed by atoms with Gasteiger partial charge in [-0.05, 0) is 29.5 Å².